The van der Waals surface area contributed by atoms with Gasteiger partial charge in [-0.15, -0.1) is 5.60 Å². The third-order valence-corrected chi connectivity index (χ3v) is 16.3. The molecule has 0 amide bonds. The van der Waals surface area contributed by atoms with Gasteiger partial charge in [0, 0.05) is 61.9 Å². The number of aldehydes is 2. The zero-order valence-electron chi connectivity index (χ0n) is 53.5. The van der Waals surface area contributed by atoms with Crippen molar-refractivity contribution in [2.24, 2.45) is 0 Å². The summed E-state index contributed by atoms with van der Waals surface area (Å²) >= 11 is 0. The molecule has 0 aromatic heterocycles. The Kier molecular flexibility index (Phi) is 41.9. The number of hydrogen-bond donors (Lipinski definition) is 0. The molecule has 0 spiro atoms. The van der Waals surface area contributed by atoms with Crippen molar-refractivity contribution in [2.75, 3.05) is 75.6 Å². The maximum absolute atomic E-state index is 12.5. The molecule has 0 bridgehead atoms. The first-order valence-corrected chi connectivity index (χ1v) is 32.9. The van der Waals surface area contributed by atoms with Crippen LogP contribution in [0.1, 0.15) is 154 Å². The summed E-state index contributed by atoms with van der Waals surface area (Å²) < 4.78 is 51.2. The van der Waals surface area contributed by atoms with Crippen molar-refractivity contribution in [3.05, 3.63) is 201 Å². The number of rotatable bonds is 24. The molecule has 14 nitrogen and oxygen atoms in total. The van der Waals surface area contributed by atoms with Crippen LogP contribution in [0.25, 0.3) is 24.3 Å². The number of benzene rings is 6. The molecule has 462 valence electrons. The van der Waals surface area contributed by atoms with E-state index in [9.17, 15) is 23.8 Å². The Morgan fingerprint density at radius 2 is 0.701 bits per heavy atom. The second-order valence-electron chi connectivity index (χ2n) is 20.0. The van der Waals surface area contributed by atoms with E-state index in [0.717, 1.165) is 79.8 Å². The summed E-state index contributed by atoms with van der Waals surface area (Å²) in [7, 11) is -6.25. The van der Waals surface area contributed by atoms with Crippen molar-refractivity contribution in [3.63, 3.8) is 0 Å². The van der Waals surface area contributed by atoms with Crippen LogP contribution >= 0.6 is 15.2 Å². The van der Waals surface area contributed by atoms with E-state index in [2.05, 4.69) is 116 Å². The van der Waals surface area contributed by atoms with Crippen LogP contribution in [0.5, 0.6) is 0 Å². The summed E-state index contributed by atoms with van der Waals surface area (Å²) in [5.74, 6) is 0. The molecule has 1 aliphatic rings. The Labute approximate surface area is 563 Å². The first-order valence-electron chi connectivity index (χ1n) is 29.5. The maximum Gasteiger partial charge on any atom is 1.00 e. The van der Waals surface area contributed by atoms with Gasteiger partial charge in [-0.1, -0.05) is 130 Å². The minimum atomic E-state index is -3.12. The largest absolute Gasteiger partial charge is 1.00 e. The SMILES string of the molecule is C1CCOC1.CC(C)(C)[O-].CCN(CC)c1ccc(/C=C/c2ccc(/C=C/c3ccc(C#N)cc3)cc2)cc1.CCN(CC)c1ccc(C=O)cc1.CCOP(=O)(Cc1ccc(CP(=O)(OCC)OCC)cc1)OCC.N#Cc1ccc(C=O)cc1.[K+]. The van der Waals surface area contributed by atoms with Gasteiger partial charge in [-0.05, 0) is 162 Å². The number of ether oxygens (including phenoxy) is 1. The van der Waals surface area contributed by atoms with E-state index in [1.165, 1.54) is 35.3 Å². The normalized spacial score (nSPS) is 11.6. The molecule has 0 unspecified atom stereocenters. The van der Waals surface area contributed by atoms with Gasteiger partial charge in [0.25, 0.3) is 0 Å². The molecule has 1 aliphatic heterocycles. The van der Waals surface area contributed by atoms with Crippen LogP contribution in [0.3, 0.4) is 0 Å². The van der Waals surface area contributed by atoms with Gasteiger partial charge >= 0.3 is 66.6 Å². The quantitative estimate of drug-likeness (QED) is 0.0241. The van der Waals surface area contributed by atoms with Crippen molar-refractivity contribution < 1.29 is 98.0 Å². The third kappa shape index (κ3) is 34.8. The molecule has 0 aliphatic carbocycles. The van der Waals surface area contributed by atoms with E-state index in [0.29, 0.717) is 43.1 Å². The molecule has 0 radical (unpaired) electrons. The van der Waals surface area contributed by atoms with E-state index in [-0.39, 0.29) is 63.7 Å². The van der Waals surface area contributed by atoms with Crippen LogP contribution in [0.2, 0.25) is 0 Å². The molecule has 1 fully saturated rings. The summed E-state index contributed by atoms with van der Waals surface area (Å²) in [5, 5.41) is 27.3. The van der Waals surface area contributed by atoms with Gasteiger partial charge in [-0.2, -0.15) is 10.5 Å². The van der Waals surface area contributed by atoms with Gasteiger partial charge in [-0.25, -0.2) is 0 Å². The van der Waals surface area contributed by atoms with Crippen LogP contribution in [0.4, 0.5) is 11.4 Å². The number of carbonyl (C=O) groups is 2. The summed E-state index contributed by atoms with van der Waals surface area (Å²) in [6.07, 6.45) is 13.0. The van der Waals surface area contributed by atoms with E-state index in [4.69, 9.17) is 33.4 Å². The summed E-state index contributed by atoms with van der Waals surface area (Å²) in [5.41, 5.74) is 10.6. The van der Waals surface area contributed by atoms with Gasteiger partial charge in [-0.3, -0.25) is 18.7 Å². The van der Waals surface area contributed by atoms with Crippen LogP contribution in [-0.4, -0.2) is 84.0 Å². The fourth-order valence-corrected chi connectivity index (χ4v) is 11.3. The zero-order valence-corrected chi connectivity index (χ0v) is 58.4. The zero-order chi connectivity index (χ0) is 63.6. The summed E-state index contributed by atoms with van der Waals surface area (Å²) in [6.45, 7) is 28.0. The van der Waals surface area contributed by atoms with Crippen LogP contribution in [0.15, 0.2) is 146 Å². The van der Waals surface area contributed by atoms with Gasteiger partial charge in [0.05, 0.1) is 62.0 Å². The molecule has 0 atom stereocenters. The number of hydrogen-bond acceptors (Lipinski definition) is 14. The molecule has 0 saturated carbocycles. The van der Waals surface area contributed by atoms with Crippen molar-refractivity contribution >= 4 is 63.4 Å². The minimum absolute atomic E-state index is 0. The maximum atomic E-state index is 12.5. The molecule has 0 N–H and O–H groups in total. The van der Waals surface area contributed by atoms with Crippen molar-refractivity contribution in [2.45, 2.75) is 107 Å². The number of carbonyl (C=O) groups excluding carboxylic acids is 2. The molecule has 1 heterocycles. The van der Waals surface area contributed by atoms with Crippen molar-refractivity contribution in [1.82, 2.24) is 0 Å². The summed E-state index contributed by atoms with van der Waals surface area (Å²) in [6, 6.07) is 50.3. The first-order chi connectivity index (χ1) is 41.3. The van der Waals surface area contributed by atoms with Crippen molar-refractivity contribution in [1.29, 1.82) is 10.5 Å². The fourth-order valence-electron chi connectivity index (χ4n) is 7.90. The number of anilines is 2. The average molecular weight is 1250 g/mol. The van der Waals surface area contributed by atoms with Gasteiger partial charge in [0.15, 0.2) is 0 Å². The van der Waals surface area contributed by atoms with Crippen LogP contribution < -0.4 is 66.3 Å². The molecule has 17 heteroatoms. The Morgan fingerprint density at radius 1 is 0.460 bits per heavy atom. The predicted molar refractivity (Wildman–Crippen MR) is 353 cm³/mol. The molecule has 87 heavy (non-hydrogen) atoms. The minimum Gasteiger partial charge on any atom is -0.850 e. The second kappa shape index (κ2) is 45.8. The average Bonchev–Trinajstić information content (AvgIpc) is 4.20. The molecule has 7 rings (SSSR count). The smallest absolute Gasteiger partial charge is 0.850 e. The Bertz CT molecular complexity index is 2970. The molecular formula is C70H91KN4O10P2. The van der Waals surface area contributed by atoms with Crippen LogP contribution in [0, 0.1) is 22.7 Å². The molecular weight excluding hydrogens is 1160 g/mol. The van der Waals surface area contributed by atoms with E-state index >= 15 is 0 Å². The van der Waals surface area contributed by atoms with Gasteiger partial charge in [0.1, 0.15) is 12.6 Å². The Morgan fingerprint density at radius 3 is 0.920 bits per heavy atom. The van der Waals surface area contributed by atoms with E-state index < -0.39 is 20.8 Å². The van der Waals surface area contributed by atoms with Gasteiger partial charge < -0.3 is 37.7 Å². The molecule has 1 saturated heterocycles. The standard InChI is InChI=1S/C27H26N2.C16H28O6P2.C11H15NO.C8H5NO.C4H8O.C4H9O.K/c1-3-29(4-2)27-19-17-25(18-20-27)12-11-23-7-5-22(6-8-23)9-10-24-13-15-26(21-28)16-14-24;1-5-19-23(17,20-6-2)13-15-9-11-16(12-10-15)14-24(18,21-7-3)22-8-4;1-3-12(4-2)11-7-5-10(9-13)6-8-11;9-5-7-1-3-8(6-10)4-2-7;1-2-4-5-3-1;1-4(2,3)5;/h5-20H,3-4H2,1-2H3;9-12H,5-8,13-14H2,1-4H3;5-9H,3-4H2,1-2H3;1-4,6H;1-4H2;1-3H3;/q;;;;;-1;+1/b10-9+,12-11+;;;;;;. The topological polar surface area (TPSA) is 192 Å². The van der Waals surface area contributed by atoms with E-state index in [1.807, 2.05) is 78.9 Å². The number of nitriles is 2. The fraction of sp³-hybridized carbons (Fsp3) is 0.371. The third-order valence-electron chi connectivity index (χ3n) is 12.2. The van der Waals surface area contributed by atoms with Crippen LogP contribution in [-0.2, 0) is 44.3 Å². The number of nitrogens with zero attached hydrogens (tertiary/aromatic N) is 4. The first kappa shape index (κ1) is 79.6. The molecule has 6 aromatic rings. The summed E-state index contributed by atoms with van der Waals surface area (Å²) in [4.78, 5) is 25.1. The van der Waals surface area contributed by atoms with Gasteiger partial charge in [0.2, 0.25) is 0 Å². The predicted octanol–water partition coefficient (Wildman–Crippen LogP) is 13.6. The second-order valence-corrected chi connectivity index (χ2v) is 24.1. The molecule has 6 aromatic carbocycles. The van der Waals surface area contributed by atoms with Crippen molar-refractivity contribution in [3.8, 4) is 12.1 Å². The Balaban J connectivity index is 0.000000579. The Hall–Kier alpha value is -5.42. The monoisotopic (exact) mass is 1250 g/mol. The van der Waals surface area contributed by atoms with E-state index in [1.54, 1.807) is 72.7 Å².